The molecule has 6 nitrogen and oxygen atoms in total. The Hall–Kier alpha value is -1.93. The number of rotatable bonds is 9. The summed E-state index contributed by atoms with van der Waals surface area (Å²) in [4.78, 5) is 10.7. The molecule has 1 aliphatic rings. The maximum absolute atomic E-state index is 10.7. The Morgan fingerprint density at radius 2 is 1.71 bits per heavy atom. The van der Waals surface area contributed by atoms with E-state index in [-0.39, 0.29) is 0 Å². The van der Waals surface area contributed by atoms with Crippen molar-refractivity contribution in [1.29, 1.82) is 0 Å². The van der Waals surface area contributed by atoms with Gasteiger partial charge in [0.05, 0.1) is 13.1 Å². The zero-order valence-electron chi connectivity index (χ0n) is 19.1. The number of hydrogen-bond donors (Lipinski definition) is 3. The Kier molecular flexibility index (Phi) is 8.90. The molecule has 0 spiro atoms. The van der Waals surface area contributed by atoms with E-state index in [4.69, 9.17) is 4.99 Å². The minimum atomic E-state index is -0.922. The minimum absolute atomic E-state index is 0.406. The van der Waals surface area contributed by atoms with Gasteiger partial charge in [0.1, 0.15) is 5.60 Å². The quantitative estimate of drug-likeness (QED) is 0.411. The summed E-state index contributed by atoms with van der Waals surface area (Å²) >= 11 is 1.56. The van der Waals surface area contributed by atoms with Crippen LogP contribution in [-0.4, -0.2) is 66.7 Å². The van der Waals surface area contributed by atoms with Gasteiger partial charge in [0.2, 0.25) is 0 Å². The van der Waals surface area contributed by atoms with Crippen LogP contribution in [-0.2, 0) is 18.7 Å². The molecular weight excluding hydrogens is 406 g/mol. The molecule has 31 heavy (non-hydrogen) atoms. The van der Waals surface area contributed by atoms with Crippen molar-refractivity contribution in [2.75, 3.05) is 45.8 Å². The van der Waals surface area contributed by atoms with Crippen molar-refractivity contribution in [2.24, 2.45) is 4.99 Å². The summed E-state index contributed by atoms with van der Waals surface area (Å²) in [6.07, 6.45) is 0. The number of aliphatic imine (C=N–C) groups is 1. The van der Waals surface area contributed by atoms with Crippen molar-refractivity contribution in [1.82, 2.24) is 20.4 Å². The van der Waals surface area contributed by atoms with Crippen molar-refractivity contribution in [2.45, 2.75) is 39.5 Å². The molecule has 0 bridgehead atoms. The van der Waals surface area contributed by atoms with E-state index in [1.54, 1.807) is 11.3 Å². The van der Waals surface area contributed by atoms with E-state index in [0.29, 0.717) is 13.1 Å². The van der Waals surface area contributed by atoms with E-state index in [9.17, 15) is 5.11 Å². The summed E-state index contributed by atoms with van der Waals surface area (Å²) in [5, 5.41) is 19.3. The lowest BCUT2D eigenvalue weighted by molar-refractivity contribution is 0.0655. The molecule has 7 heteroatoms. The molecule has 170 valence electrons. The van der Waals surface area contributed by atoms with E-state index >= 15 is 0 Å². The average Bonchev–Trinajstić information content (AvgIpc) is 3.33. The number of likely N-dealkylation sites (N-methyl/N-ethyl adjacent to an activating group) is 1. The average molecular weight is 444 g/mol. The van der Waals surface area contributed by atoms with Gasteiger partial charge in [-0.15, -0.1) is 11.3 Å². The molecule has 2 heterocycles. The van der Waals surface area contributed by atoms with Crippen LogP contribution in [0.5, 0.6) is 0 Å². The second kappa shape index (κ2) is 11.6. The Labute approximate surface area is 191 Å². The van der Waals surface area contributed by atoms with Crippen LogP contribution in [0.15, 0.2) is 46.8 Å². The highest BCUT2D eigenvalue weighted by Gasteiger charge is 2.24. The summed E-state index contributed by atoms with van der Waals surface area (Å²) in [6.45, 7) is 14.7. The van der Waals surface area contributed by atoms with Crippen LogP contribution in [0.25, 0.3) is 0 Å². The van der Waals surface area contributed by atoms with Gasteiger partial charge in [0.15, 0.2) is 5.96 Å². The van der Waals surface area contributed by atoms with Crippen LogP contribution < -0.4 is 10.6 Å². The second-order valence-corrected chi connectivity index (χ2v) is 9.27. The first-order chi connectivity index (χ1) is 15.0. The molecule has 1 aromatic carbocycles. The number of thiophene rings is 1. The predicted octanol–water partition coefficient (Wildman–Crippen LogP) is 2.85. The van der Waals surface area contributed by atoms with E-state index < -0.39 is 5.60 Å². The SMILES string of the molecule is CCNC(=NCc1ccc(CN2CCN(CC)CC2)cc1)NCC(C)(O)c1cccs1. The Morgan fingerprint density at radius 1 is 1.03 bits per heavy atom. The summed E-state index contributed by atoms with van der Waals surface area (Å²) in [5.74, 6) is 0.720. The molecule has 0 radical (unpaired) electrons. The molecule has 3 rings (SSSR count). The van der Waals surface area contributed by atoms with Crippen molar-refractivity contribution in [3.05, 3.63) is 57.8 Å². The van der Waals surface area contributed by atoms with Crippen LogP contribution in [0.2, 0.25) is 0 Å². The maximum Gasteiger partial charge on any atom is 0.191 e. The number of nitrogens with zero attached hydrogens (tertiary/aromatic N) is 3. The van der Waals surface area contributed by atoms with E-state index in [1.807, 2.05) is 31.4 Å². The van der Waals surface area contributed by atoms with Gasteiger partial charge in [-0.2, -0.15) is 0 Å². The Bertz CT molecular complexity index is 796. The highest BCUT2D eigenvalue weighted by atomic mass is 32.1. The number of benzene rings is 1. The first-order valence-electron chi connectivity index (χ1n) is 11.3. The Morgan fingerprint density at radius 3 is 2.32 bits per heavy atom. The van der Waals surface area contributed by atoms with Crippen molar-refractivity contribution < 1.29 is 5.11 Å². The second-order valence-electron chi connectivity index (χ2n) is 8.33. The van der Waals surface area contributed by atoms with Gasteiger partial charge in [-0.1, -0.05) is 37.3 Å². The zero-order valence-corrected chi connectivity index (χ0v) is 19.9. The molecule has 0 saturated carbocycles. The predicted molar refractivity (Wildman–Crippen MR) is 131 cm³/mol. The molecule has 1 atom stereocenters. The van der Waals surface area contributed by atoms with Gasteiger partial charge in [0, 0.05) is 44.1 Å². The monoisotopic (exact) mass is 443 g/mol. The summed E-state index contributed by atoms with van der Waals surface area (Å²) in [5.41, 5.74) is 1.62. The summed E-state index contributed by atoms with van der Waals surface area (Å²) in [7, 11) is 0. The van der Waals surface area contributed by atoms with Gasteiger partial charge < -0.3 is 20.6 Å². The minimum Gasteiger partial charge on any atom is -0.383 e. The van der Waals surface area contributed by atoms with Gasteiger partial charge in [0.25, 0.3) is 0 Å². The number of piperazine rings is 1. The molecule has 1 unspecified atom stereocenters. The molecule has 1 aliphatic heterocycles. The molecule has 0 amide bonds. The smallest absolute Gasteiger partial charge is 0.191 e. The lowest BCUT2D eigenvalue weighted by atomic mass is 10.1. The number of aliphatic hydroxyl groups is 1. The fourth-order valence-corrected chi connectivity index (χ4v) is 4.50. The molecule has 1 aromatic heterocycles. The fourth-order valence-electron chi connectivity index (χ4n) is 3.71. The molecule has 1 saturated heterocycles. The zero-order chi connectivity index (χ0) is 22.1. The highest BCUT2D eigenvalue weighted by molar-refractivity contribution is 7.10. The van der Waals surface area contributed by atoms with Crippen LogP contribution in [0.1, 0.15) is 36.8 Å². The van der Waals surface area contributed by atoms with E-state index in [2.05, 4.69) is 51.6 Å². The lowest BCUT2D eigenvalue weighted by Crippen LogP contribution is -2.45. The first kappa shape index (κ1) is 23.7. The van der Waals surface area contributed by atoms with E-state index in [1.165, 1.54) is 24.2 Å². The lowest BCUT2D eigenvalue weighted by Gasteiger charge is -2.34. The normalized spacial score (nSPS) is 18.0. The van der Waals surface area contributed by atoms with Gasteiger partial charge >= 0.3 is 0 Å². The van der Waals surface area contributed by atoms with Gasteiger partial charge in [-0.25, -0.2) is 4.99 Å². The van der Waals surface area contributed by atoms with Crippen molar-refractivity contribution in [3.8, 4) is 0 Å². The third-order valence-corrected chi connectivity index (χ3v) is 6.88. The number of nitrogens with one attached hydrogen (secondary N) is 2. The van der Waals surface area contributed by atoms with Gasteiger partial charge in [-0.3, -0.25) is 4.90 Å². The fraction of sp³-hybridized carbons (Fsp3) is 0.542. The van der Waals surface area contributed by atoms with Crippen LogP contribution in [0.4, 0.5) is 0 Å². The standard InChI is InChI=1S/C24H37N5OS/c1-4-25-23(27-19-24(3,30)22-7-6-16-31-22)26-17-20-8-10-21(11-9-20)18-29-14-12-28(5-2)13-15-29/h6-11,16,30H,4-5,12-15,17-19H2,1-3H3,(H2,25,26,27). The first-order valence-corrected chi connectivity index (χ1v) is 12.2. The van der Waals surface area contributed by atoms with Crippen molar-refractivity contribution in [3.63, 3.8) is 0 Å². The molecular formula is C24H37N5OS. The number of hydrogen-bond acceptors (Lipinski definition) is 5. The maximum atomic E-state index is 10.7. The van der Waals surface area contributed by atoms with E-state index in [0.717, 1.165) is 43.6 Å². The molecule has 1 fully saturated rings. The largest absolute Gasteiger partial charge is 0.383 e. The Balaban J connectivity index is 1.51. The number of guanidine groups is 1. The third-order valence-electron chi connectivity index (χ3n) is 5.76. The van der Waals surface area contributed by atoms with Crippen LogP contribution in [0, 0.1) is 0 Å². The van der Waals surface area contributed by atoms with Crippen LogP contribution in [0.3, 0.4) is 0 Å². The summed E-state index contributed by atoms with van der Waals surface area (Å²) < 4.78 is 0. The molecule has 2 aromatic rings. The third kappa shape index (κ3) is 7.31. The van der Waals surface area contributed by atoms with Crippen molar-refractivity contribution >= 4 is 17.3 Å². The van der Waals surface area contributed by atoms with Gasteiger partial charge in [-0.05, 0) is 43.0 Å². The topological polar surface area (TPSA) is 63.1 Å². The summed E-state index contributed by atoms with van der Waals surface area (Å²) in [6, 6.07) is 12.7. The highest BCUT2D eigenvalue weighted by Crippen LogP contribution is 2.24. The van der Waals surface area contributed by atoms with Crippen LogP contribution >= 0.6 is 11.3 Å². The molecule has 3 N–H and O–H groups in total. The molecule has 0 aliphatic carbocycles.